The van der Waals surface area contributed by atoms with Crippen molar-refractivity contribution < 1.29 is 14.3 Å². The number of carbonyl (C=O) groups is 2. The van der Waals surface area contributed by atoms with E-state index in [-0.39, 0.29) is 17.9 Å². The lowest BCUT2D eigenvalue weighted by molar-refractivity contribution is 0.0303. The van der Waals surface area contributed by atoms with E-state index in [2.05, 4.69) is 5.32 Å². The highest BCUT2D eigenvalue weighted by atomic mass is 16.5. The van der Waals surface area contributed by atoms with Gasteiger partial charge in [0, 0.05) is 30.3 Å². The third-order valence-corrected chi connectivity index (χ3v) is 3.09. The Bertz CT molecular complexity index is 494. The summed E-state index contributed by atoms with van der Waals surface area (Å²) >= 11 is 0. The predicted octanol–water partition coefficient (Wildman–Crippen LogP) is 1.30. The Morgan fingerprint density at radius 3 is 2.50 bits per heavy atom. The zero-order valence-corrected chi connectivity index (χ0v) is 11.9. The summed E-state index contributed by atoms with van der Waals surface area (Å²) < 4.78 is 5.23. The first kappa shape index (κ1) is 14.5. The van der Waals surface area contributed by atoms with Crippen LogP contribution in [0, 0.1) is 0 Å². The quantitative estimate of drug-likeness (QED) is 0.905. The lowest BCUT2D eigenvalue weighted by Crippen LogP contribution is -2.40. The first-order valence-corrected chi connectivity index (χ1v) is 6.86. The van der Waals surface area contributed by atoms with Gasteiger partial charge in [-0.05, 0) is 32.0 Å². The van der Waals surface area contributed by atoms with Crippen molar-refractivity contribution in [3.63, 3.8) is 0 Å². The summed E-state index contributed by atoms with van der Waals surface area (Å²) in [6, 6.07) is 6.91. The van der Waals surface area contributed by atoms with Gasteiger partial charge in [-0.1, -0.05) is 6.07 Å². The molecule has 0 radical (unpaired) electrons. The van der Waals surface area contributed by atoms with Gasteiger partial charge < -0.3 is 15.0 Å². The van der Waals surface area contributed by atoms with Crippen LogP contribution >= 0.6 is 0 Å². The van der Waals surface area contributed by atoms with Crippen molar-refractivity contribution in [2.75, 3.05) is 26.3 Å². The minimum atomic E-state index is -0.156. The lowest BCUT2D eigenvalue weighted by atomic mass is 10.1. The van der Waals surface area contributed by atoms with Gasteiger partial charge in [-0.25, -0.2) is 0 Å². The van der Waals surface area contributed by atoms with Crippen molar-refractivity contribution in [2.24, 2.45) is 0 Å². The van der Waals surface area contributed by atoms with Crippen LogP contribution in [-0.4, -0.2) is 49.1 Å². The Kier molecular flexibility index (Phi) is 4.74. The van der Waals surface area contributed by atoms with Crippen molar-refractivity contribution in [2.45, 2.75) is 19.9 Å². The Morgan fingerprint density at radius 2 is 1.85 bits per heavy atom. The molecule has 1 aromatic carbocycles. The second kappa shape index (κ2) is 6.52. The van der Waals surface area contributed by atoms with E-state index in [4.69, 9.17) is 4.74 Å². The molecule has 1 saturated heterocycles. The molecule has 1 aliphatic heterocycles. The van der Waals surface area contributed by atoms with Crippen LogP contribution in [0.1, 0.15) is 34.6 Å². The zero-order chi connectivity index (χ0) is 14.5. The average Bonchev–Trinajstić information content (AvgIpc) is 2.47. The van der Waals surface area contributed by atoms with E-state index in [1.165, 1.54) is 0 Å². The second-order valence-corrected chi connectivity index (χ2v) is 5.11. The van der Waals surface area contributed by atoms with Gasteiger partial charge in [-0.2, -0.15) is 0 Å². The van der Waals surface area contributed by atoms with Crippen molar-refractivity contribution in [3.05, 3.63) is 35.4 Å². The topological polar surface area (TPSA) is 58.6 Å². The van der Waals surface area contributed by atoms with Gasteiger partial charge in [-0.3, -0.25) is 9.59 Å². The van der Waals surface area contributed by atoms with Crippen molar-refractivity contribution in [1.29, 1.82) is 0 Å². The molecule has 0 unspecified atom stereocenters. The third kappa shape index (κ3) is 3.57. The summed E-state index contributed by atoms with van der Waals surface area (Å²) in [4.78, 5) is 26.0. The summed E-state index contributed by atoms with van der Waals surface area (Å²) in [5.74, 6) is -0.205. The smallest absolute Gasteiger partial charge is 0.254 e. The van der Waals surface area contributed by atoms with Crippen molar-refractivity contribution in [3.8, 4) is 0 Å². The molecule has 1 N–H and O–H groups in total. The summed E-state index contributed by atoms with van der Waals surface area (Å²) in [5, 5.41) is 2.82. The van der Waals surface area contributed by atoms with E-state index in [1.54, 1.807) is 29.2 Å². The van der Waals surface area contributed by atoms with Crippen LogP contribution in [0.5, 0.6) is 0 Å². The molecular weight excluding hydrogens is 256 g/mol. The maximum atomic E-state index is 12.3. The number of nitrogens with one attached hydrogen (secondary N) is 1. The molecule has 1 aliphatic rings. The molecule has 20 heavy (non-hydrogen) atoms. The maximum Gasteiger partial charge on any atom is 0.254 e. The molecule has 0 saturated carbocycles. The van der Waals surface area contributed by atoms with E-state index in [0.29, 0.717) is 37.4 Å². The van der Waals surface area contributed by atoms with Gasteiger partial charge >= 0.3 is 0 Å². The second-order valence-electron chi connectivity index (χ2n) is 5.11. The molecule has 0 bridgehead atoms. The number of rotatable bonds is 3. The number of nitrogens with zero attached hydrogens (tertiary/aromatic N) is 1. The molecule has 0 aliphatic carbocycles. The van der Waals surface area contributed by atoms with Crippen molar-refractivity contribution >= 4 is 11.8 Å². The first-order valence-electron chi connectivity index (χ1n) is 6.86. The predicted molar refractivity (Wildman–Crippen MR) is 75.8 cm³/mol. The molecular formula is C15H20N2O3. The zero-order valence-electron chi connectivity index (χ0n) is 11.9. The summed E-state index contributed by atoms with van der Waals surface area (Å²) in [6.45, 7) is 6.14. The Labute approximate surface area is 118 Å². The molecule has 0 atom stereocenters. The molecule has 0 aromatic heterocycles. The van der Waals surface area contributed by atoms with Crippen LogP contribution in [0.2, 0.25) is 0 Å². The summed E-state index contributed by atoms with van der Waals surface area (Å²) in [6.07, 6.45) is 0. The largest absolute Gasteiger partial charge is 0.378 e. The minimum absolute atomic E-state index is 0.0486. The monoisotopic (exact) mass is 276 g/mol. The fourth-order valence-electron chi connectivity index (χ4n) is 2.09. The van der Waals surface area contributed by atoms with Gasteiger partial charge in [0.25, 0.3) is 11.8 Å². The highest BCUT2D eigenvalue weighted by molar-refractivity contribution is 5.99. The molecule has 108 valence electrons. The minimum Gasteiger partial charge on any atom is -0.378 e. The molecule has 2 rings (SSSR count). The highest BCUT2D eigenvalue weighted by Gasteiger charge is 2.19. The number of ether oxygens (including phenoxy) is 1. The molecule has 1 aromatic rings. The van der Waals surface area contributed by atoms with Crippen LogP contribution in [0.15, 0.2) is 24.3 Å². The van der Waals surface area contributed by atoms with E-state index in [9.17, 15) is 9.59 Å². The highest BCUT2D eigenvalue weighted by Crippen LogP contribution is 2.10. The molecule has 5 nitrogen and oxygen atoms in total. The third-order valence-electron chi connectivity index (χ3n) is 3.09. The van der Waals surface area contributed by atoms with Gasteiger partial charge in [0.05, 0.1) is 13.2 Å². The Hall–Kier alpha value is -1.88. The summed E-state index contributed by atoms with van der Waals surface area (Å²) in [7, 11) is 0. The van der Waals surface area contributed by atoms with Crippen LogP contribution in [0.25, 0.3) is 0 Å². The standard InChI is InChI=1S/C15H20N2O3/c1-11(2)16-14(18)12-4-3-5-13(10-12)15(19)17-6-8-20-9-7-17/h3-5,10-11H,6-9H2,1-2H3,(H,16,18). The number of amides is 2. The Balaban J connectivity index is 2.12. The van der Waals surface area contributed by atoms with Gasteiger partial charge in [0.1, 0.15) is 0 Å². The SMILES string of the molecule is CC(C)NC(=O)c1cccc(C(=O)N2CCOCC2)c1. The van der Waals surface area contributed by atoms with E-state index in [0.717, 1.165) is 0 Å². The maximum absolute atomic E-state index is 12.3. The molecule has 1 heterocycles. The van der Waals surface area contributed by atoms with Gasteiger partial charge in [0.2, 0.25) is 0 Å². The van der Waals surface area contributed by atoms with E-state index < -0.39 is 0 Å². The first-order chi connectivity index (χ1) is 9.58. The normalized spacial score (nSPS) is 15.2. The number of hydrogen-bond donors (Lipinski definition) is 1. The molecule has 5 heteroatoms. The van der Waals surface area contributed by atoms with Crippen molar-refractivity contribution in [1.82, 2.24) is 10.2 Å². The number of morpholine rings is 1. The number of benzene rings is 1. The molecule has 0 spiro atoms. The fraction of sp³-hybridized carbons (Fsp3) is 0.467. The van der Waals surface area contributed by atoms with Crippen LogP contribution in [-0.2, 0) is 4.74 Å². The van der Waals surface area contributed by atoms with Gasteiger partial charge in [-0.15, -0.1) is 0 Å². The summed E-state index contributed by atoms with van der Waals surface area (Å²) in [5.41, 5.74) is 1.06. The van der Waals surface area contributed by atoms with Crippen LogP contribution in [0.4, 0.5) is 0 Å². The number of carbonyl (C=O) groups excluding carboxylic acids is 2. The molecule has 1 fully saturated rings. The fourth-order valence-corrected chi connectivity index (χ4v) is 2.09. The number of hydrogen-bond acceptors (Lipinski definition) is 3. The van der Waals surface area contributed by atoms with Crippen LogP contribution < -0.4 is 5.32 Å². The van der Waals surface area contributed by atoms with E-state index >= 15 is 0 Å². The Morgan fingerprint density at radius 1 is 1.20 bits per heavy atom. The van der Waals surface area contributed by atoms with E-state index in [1.807, 2.05) is 13.8 Å². The lowest BCUT2D eigenvalue weighted by Gasteiger charge is -2.27. The average molecular weight is 276 g/mol. The van der Waals surface area contributed by atoms with Gasteiger partial charge in [0.15, 0.2) is 0 Å². The molecule has 2 amide bonds. The van der Waals surface area contributed by atoms with Crippen LogP contribution in [0.3, 0.4) is 0 Å².